The molecule has 1 aliphatic heterocycles. The van der Waals surface area contributed by atoms with E-state index >= 15 is 0 Å². The lowest BCUT2D eigenvalue weighted by molar-refractivity contribution is 0.129. The zero-order chi connectivity index (χ0) is 10.6. The molecule has 0 aromatic carbocycles. The summed E-state index contributed by atoms with van der Waals surface area (Å²) in [5.41, 5.74) is 1.46. The minimum absolute atomic E-state index is 0.700. The Balaban J connectivity index is 2.53. The molecule has 82 valence electrons. The van der Waals surface area contributed by atoms with Gasteiger partial charge in [-0.1, -0.05) is 39.3 Å². The van der Waals surface area contributed by atoms with Crippen LogP contribution in [0.3, 0.4) is 0 Å². The Morgan fingerprint density at radius 1 is 1.43 bits per heavy atom. The highest BCUT2D eigenvalue weighted by atomic mass is 15.2. The fourth-order valence-corrected chi connectivity index (χ4v) is 2.52. The van der Waals surface area contributed by atoms with Gasteiger partial charge in [0.2, 0.25) is 0 Å². The minimum atomic E-state index is 0.700. The van der Waals surface area contributed by atoms with E-state index < -0.39 is 0 Å². The summed E-state index contributed by atoms with van der Waals surface area (Å²) in [6, 6.07) is 0.753. The number of unbranched alkanes of at least 4 members (excludes halogenated alkanes) is 1. The Labute approximate surface area is 89.2 Å². The van der Waals surface area contributed by atoms with Gasteiger partial charge in [0.25, 0.3) is 0 Å². The number of hydrogen-bond acceptors (Lipinski definition) is 1. The fourth-order valence-electron chi connectivity index (χ4n) is 2.52. The van der Waals surface area contributed by atoms with Gasteiger partial charge in [0.15, 0.2) is 0 Å². The summed E-state index contributed by atoms with van der Waals surface area (Å²) in [7, 11) is 0. The maximum atomic E-state index is 4.18. The molecule has 0 radical (unpaired) electrons. The maximum absolute atomic E-state index is 4.18. The molecule has 1 heteroatoms. The van der Waals surface area contributed by atoms with Crippen molar-refractivity contribution in [2.45, 2.75) is 52.5 Å². The Morgan fingerprint density at radius 2 is 2.14 bits per heavy atom. The standard InChI is InChI=1S/C13H25N/c1-5-7-9-14-10-8-11(3)12(4)13(14)6-2/h12-13H,3,5-10H2,1-2,4H3/t12-,13?/m0/s1. The van der Waals surface area contributed by atoms with E-state index in [1.807, 2.05) is 0 Å². The van der Waals surface area contributed by atoms with Crippen LogP contribution in [-0.2, 0) is 0 Å². The predicted octanol–water partition coefficient (Wildman–Crippen LogP) is 3.46. The topological polar surface area (TPSA) is 3.24 Å². The van der Waals surface area contributed by atoms with Gasteiger partial charge in [-0.3, -0.25) is 4.90 Å². The number of piperidine rings is 1. The molecule has 1 aliphatic rings. The first-order valence-corrected chi connectivity index (χ1v) is 6.12. The van der Waals surface area contributed by atoms with Crippen molar-refractivity contribution in [1.29, 1.82) is 0 Å². The summed E-state index contributed by atoms with van der Waals surface area (Å²) >= 11 is 0. The molecule has 1 heterocycles. The zero-order valence-electron chi connectivity index (χ0n) is 10.1. The SMILES string of the molecule is C=C1CCN(CCCC)C(CC)[C@H]1C. The van der Waals surface area contributed by atoms with Crippen LogP contribution < -0.4 is 0 Å². The van der Waals surface area contributed by atoms with Crippen LogP contribution in [0.25, 0.3) is 0 Å². The number of likely N-dealkylation sites (tertiary alicyclic amines) is 1. The number of nitrogens with zero attached hydrogens (tertiary/aromatic N) is 1. The summed E-state index contributed by atoms with van der Waals surface area (Å²) in [6.45, 7) is 13.6. The van der Waals surface area contributed by atoms with Crippen molar-refractivity contribution in [3.63, 3.8) is 0 Å². The van der Waals surface area contributed by atoms with Crippen LogP contribution in [0.5, 0.6) is 0 Å². The summed E-state index contributed by atoms with van der Waals surface area (Å²) < 4.78 is 0. The van der Waals surface area contributed by atoms with Gasteiger partial charge in [-0.05, 0) is 31.7 Å². The Bertz CT molecular complexity index is 186. The summed E-state index contributed by atoms with van der Waals surface area (Å²) in [5.74, 6) is 0.700. The smallest absolute Gasteiger partial charge is 0.0155 e. The van der Waals surface area contributed by atoms with E-state index in [0.717, 1.165) is 6.04 Å². The molecular formula is C13H25N. The highest BCUT2D eigenvalue weighted by Gasteiger charge is 2.28. The van der Waals surface area contributed by atoms with Crippen molar-refractivity contribution in [2.24, 2.45) is 5.92 Å². The Hall–Kier alpha value is -0.300. The summed E-state index contributed by atoms with van der Waals surface area (Å²) in [5, 5.41) is 0. The molecule has 0 saturated carbocycles. The van der Waals surface area contributed by atoms with Gasteiger partial charge in [0, 0.05) is 12.6 Å². The molecule has 0 bridgehead atoms. The van der Waals surface area contributed by atoms with E-state index in [0.29, 0.717) is 5.92 Å². The van der Waals surface area contributed by atoms with Crippen molar-refractivity contribution in [1.82, 2.24) is 4.90 Å². The molecular weight excluding hydrogens is 170 g/mol. The van der Waals surface area contributed by atoms with E-state index in [2.05, 4.69) is 32.3 Å². The second-order valence-corrected chi connectivity index (χ2v) is 4.56. The Morgan fingerprint density at radius 3 is 2.71 bits per heavy atom. The second-order valence-electron chi connectivity index (χ2n) is 4.56. The van der Waals surface area contributed by atoms with Crippen molar-refractivity contribution >= 4 is 0 Å². The molecule has 0 amide bonds. The molecule has 14 heavy (non-hydrogen) atoms. The quantitative estimate of drug-likeness (QED) is 0.621. The molecule has 0 aromatic rings. The van der Waals surface area contributed by atoms with Gasteiger partial charge in [-0.15, -0.1) is 0 Å². The molecule has 0 N–H and O–H groups in total. The molecule has 0 aromatic heterocycles. The zero-order valence-corrected chi connectivity index (χ0v) is 10.1. The van der Waals surface area contributed by atoms with E-state index in [1.54, 1.807) is 0 Å². The van der Waals surface area contributed by atoms with Crippen LogP contribution in [0.1, 0.15) is 46.5 Å². The molecule has 2 atom stereocenters. The largest absolute Gasteiger partial charge is 0.299 e. The third-order valence-electron chi connectivity index (χ3n) is 3.63. The molecule has 1 rings (SSSR count). The lowest BCUT2D eigenvalue weighted by Gasteiger charge is -2.41. The van der Waals surface area contributed by atoms with Crippen LogP contribution in [0.15, 0.2) is 12.2 Å². The van der Waals surface area contributed by atoms with E-state index in [4.69, 9.17) is 0 Å². The summed E-state index contributed by atoms with van der Waals surface area (Å²) in [4.78, 5) is 2.67. The van der Waals surface area contributed by atoms with Crippen molar-refractivity contribution in [2.75, 3.05) is 13.1 Å². The van der Waals surface area contributed by atoms with E-state index in [-0.39, 0.29) is 0 Å². The number of rotatable bonds is 4. The lowest BCUT2D eigenvalue weighted by atomic mass is 9.85. The normalized spacial score (nSPS) is 29.5. The molecule has 0 aliphatic carbocycles. The van der Waals surface area contributed by atoms with Crippen molar-refractivity contribution in [3.8, 4) is 0 Å². The average Bonchev–Trinajstić information content (AvgIpc) is 2.20. The first kappa shape index (κ1) is 11.8. The van der Waals surface area contributed by atoms with Gasteiger partial charge in [-0.2, -0.15) is 0 Å². The molecule has 1 nitrogen and oxygen atoms in total. The monoisotopic (exact) mass is 195 g/mol. The van der Waals surface area contributed by atoms with Gasteiger partial charge < -0.3 is 0 Å². The van der Waals surface area contributed by atoms with Crippen LogP contribution >= 0.6 is 0 Å². The van der Waals surface area contributed by atoms with Gasteiger partial charge in [0.1, 0.15) is 0 Å². The fraction of sp³-hybridized carbons (Fsp3) is 0.846. The minimum Gasteiger partial charge on any atom is -0.299 e. The highest BCUT2D eigenvalue weighted by Crippen LogP contribution is 2.29. The molecule has 1 fully saturated rings. The van der Waals surface area contributed by atoms with Crippen LogP contribution in [0, 0.1) is 5.92 Å². The molecule has 0 spiro atoms. The highest BCUT2D eigenvalue weighted by molar-refractivity contribution is 5.07. The van der Waals surface area contributed by atoms with E-state index in [9.17, 15) is 0 Å². The predicted molar refractivity (Wildman–Crippen MR) is 63.5 cm³/mol. The Kier molecular flexibility index (Phi) is 4.67. The third-order valence-corrected chi connectivity index (χ3v) is 3.63. The number of hydrogen-bond donors (Lipinski definition) is 0. The van der Waals surface area contributed by atoms with Gasteiger partial charge in [-0.25, -0.2) is 0 Å². The van der Waals surface area contributed by atoms with Crippen molar-refractivity contribution in [3.05, 3.63) is 12.2 Å². The van der Waals surface area contributed by atoms with E-state index in [1.165, 1.54) is 44.3 Å². The van der Waals surface area contributed by atoms with Gasteiger partial charge >= 0.3 is 0 Å². The first-order chi connectivity index (χ1) is 6.70. The maximum Gasteiger partial charge on any atom is 0.0155 e. The summed E-state index contributed by atoms with van der Waals surface area (Å²) in [6.07, 6.45) is 5.13. The molecule has 1 unspecified atom stereocenters. The first-order valence-electron chi connectivity index (χ1n) is 6.12. The average molecular weight is 195 g/mol. The van der Waals surface area contributed by atoms with Crippen LogP contribution in [-0.4, -0.2) is 24.0 Å². The lowest BCUT2D eigenvalue weighted by Crippen LogP contribution is -2.45. The van der Waals surface area contributed by atoms with Crippen LogP contribution in [0.2, 0.25) is 0 Å². The molecule has 1 saturated heterocycles. The van der Waals surface area contributed by atoms with Crippen LogP contribution in [0.4, 0.5) is 0 Å². The second kappa shape index (κ2) is 5.55. The van der Waals surface area contributed by atoms with Crippen molar-refractivity contribution < 1.29 is 0 Å². The van der Waals surface area contributed by atoms with Gasteiger partial charge in [0.05, 0.1) is 0 Å². The third kappa shape index (κ3) is 2.60.